The van der Waals surface area contributed by atoms with E-state index < -0.39 is 5.60 Å². The van der Waals surface area contributed by atoms with Gasteiger partial charge >= 0.3 is 6.09 Å². The summed E-state index contributed by atoms with van der Waals surface area (Å²) in [5.74, 6) is 0. The van der Waals surface area contributed by atoms with Crippen molar-refractivity contribution in [3.63, 3.8) is 0 Å². The minimum Gasteiger partial charge on any atom is -0.444 e. The number of nitriles is 1. The number of carbonyl (C=O) groups excluding carboxylic acids is 1. The van der Waals surface area contributed by atoms with Crippen LogP contribution in [0.1, 0.15) is 60.3 Å². The number of amides is 1. The molecule has 5 nitrogen and oxygen atoms in total. The van der Waals surface area contributed by atoms with Crippen molar-refractivity contribution in [2.75, 3.05) is 6.54 Å². The summed E-state index contributed by atoms with van der Waals surface area (Å²) in [6, 6.07) is 2.71. The van der Waals surface area contributed by atoms with Gasteiger partial charge in [-0.15, -0.1) is 0 Å². The van der Waals surface area contributed by atoms with E-state index in [2.05, 4.69) is 25.2 Å². The fraction of sp³-hybridized carbons (Fsp3) is 0.875. The highest BCUT2D eigenvalue weighted by atomic mass is 16.6. The third-order valence-corrected chi connectivity index (χ3v) is 3.83. The number of hydrogen-bond acceptors (Lipinski definition) is 4. The van der Waals surface area contributed by atoms with Gasteiger partial charge in [-0.25, -0.2) is 4.79 Å². The van der Waals surface area contributed by atoms with Crippen LogP contribution in [0.2, 0.25) is 0 Å². The smallest absolute Gasteiger partial charge is 0.410 e. The van der Waals surface area contributed by atoms with Crippen molar-refractivity contribution in [1.29, 1.82) is 5.26 Å². The molecule has 0 aliphatic carbocycles. The van der Waals surface area contributed by atoms with E-state index in [9.17, 15) is 4.79 Å². The first-order valence-electron chi connectivity index (χ1n) is 7.91. The molecule has 0 bridgehead atoms. The Morgan fingerprint density at radius 2 is 2.19 bits per heavy atom. The molecule has 1 amide bonds. The van der Waals surface area contributed by atoms with Gasteiger partial charge in [0, 0.05) is 18.6 Å². The van der Waals surface area contributed by atoms with E-state index in [0.29, 0.717) is 6.42 Å². The Kier molecular flexibility index (Phi) is 6.47. The fourth-order valence-electron chi connectivity index (χ4n) is 2.77. The second kappa shape index (κ2) is 7.65. The minimum absolute atomic E-state index is 0.146. The average Bonchev–Trinajstić information content (AvgIpc) is 2.85. The Morgan fingerprint density at radius 1 is 1.52 bits per heavy atom. The van der Waals surface area contributed by atoms with E-state index in [4.69, 9.17) is 10.00 Å². The van der Waals surface area contributed by atoms with Crippen LogP contribution in [0.25, 0.3) is 0 Å². The summed E-state index contributed by atoms with van der Waals surface area (Å²) in [4.78, 5) is 14.1. The Bertz CT molecular complexity index is 384. The van der Waals surface area contributed by atoms with E-state index >= 15 is 0 Å². The Hall–Kier alpha value is -1.28. The quantitative estimate of drug-likeness (QED) is 0.846. The Labute approximate surface area is 128 Å². The van der Waals surface area contributed by atoms with Gasteiger partial charge in [0.25, 0.3) is 0 Å². The maximum absolute atomic E-state index is 12.3. The van der Waals surface area contributed by atoms with Crippen molar-refractivity contribution in [2.24, 2.45) is 0 Å². The molecule has 0 aromatic carbocycles. The normalized spacial score (nSPS) is 21.7. The number of hydrogen-bond donors (Lipinski definition) is 1. The van der Waals surface area contributed by atoms with Crippen LogP contribution in [0.4, 0.5) is 4.79 Å². The maximum atomic E-state index is 12.3. The number of likely N-dealkylation sites (tertiary alicyclic amines) is 1. The van der Waals surface area contributed by atoms with Crippen LogP contribution in [0.5, 0.6) is 0 Å². The summed E-state index contributed by atoms with van der Waals surface area (Å²) in [7, 11) is 0. The van der Waals surface area contributed by atoms with E-state index in [0.717, 1.165) is 25.8 Å². The Morgan fingerprint density at radius 3 is 2.71 bits per heavy atom. The van der Waals surface area contributed by atoms with Crippen LogP contribution in [0.15, 0.2) is 0 Å². The molecule has 21 heavy (non-hydrogen) atoms. The van der Waals surface area contributed by atoms with E-state index in [-0.39, 0.29) is 24.2 Å². The summed E-state index contributed by atoms with van der Waals surface area (Å²) >= 11 is 0. The third-order valence-electron chi connectivity index (χ3n) is 3.83. The summed E-state index contributed by atoms with van der Waals surface area (Å²) in [6.07, 6.45) is 3.17. The molecule has 3 atom stereocenters. The van der Waals surface area contributed by atoms with Crippen molar-refractivity contribution in [3.8, 4) is 6.07 Å². The standard InChI is InChI=1S/C16H29N3O2/c1-6-13(9-10-17)18-12(2)14-8-7-11-19(14)15(20)21-16(3,4)5/h12-14,18H,6-9,11H2,1-5H3/t12?,13?,14-/m1/s1. The lowest BCUT2D eigenvalue weighted by Crippen LogP contribution is -2.51. The molecule has 5 heteroatoms. The molecule has 2 unspecified atom stereocenters. The molecule has 1 aliphatic rings. The van der Waals surface area contributed by atoms with Crippen LogP contribution >= 0.6 is 0 Å². The molecule has 0 saturated carbocycles. The predicted octanol–water partition coefficient (Wildman–Crippen LogP) is 3.06. The second-order valence-corrected chi connectivity index (χ2v) is 6.81. The number of rotatable bonds is 5. The first-order chi connectivity index (χ1) is 9.78. The molecule has 120 valence electrons. The van der Waals surface area contributed by atoms with Gasteiger partial charge < -0.3 is 15.0 Å². The summed E-state index contributed by atoms with van der Waals surface area (Å²) < 4.78 is 5.49. The molecule has 1 N–H and O–H groups in total. The first-order valence-corrected chi connectivity index (χ1v) is 7.91. The lowest BCUT2D eigenvalue weighted by molar-refractivity contribution is 0.0197. The topological polar surface area (TPSA) is 65.4 Å². The second-order valence-electron chi connectivity index (χ2n) is 6.81. The van der Waals surface area contributed by atoms with Crippen molar-refractivity contribution >= 4 is 6.09 Å². The van der Waals surface area contributed by atoms with Gasteiger partial charge in [-0.3, -0.25) is 0 Å². The lowest BCUT2D eigenvalue weighted by atomic mass is 10.0. The SMILES string of the molecule is CCC(CC#N)NC(C)[C@H]1CCCN1C(=O)OC(C)(C)C. The molecule has 0 spiro atoms. The molecule has 0 aromatic rings. The van der Waals surface area contributed by atoms with Crippen molar-refractivity contribution < 1.29 is 9.53 Å². The lowest BCUT2D eigenvalue weighted by Gasteiger charge is -2.33. The highest BCUT2D eigenvalue weighted by molar-refractivity contribution is 5.69. The summed E-state index contributed by atoms with van der Waals surface area (Å²) in [5.41, 5.74) is -0.465. The monoisotopic (exact) mass is 295 g/mol. The molecule has 0 radical (unpaired) electrons. The van der Waals surface area contributed by atoms with Crippen LogP contribution in [0, 0.1) is 11.3 Å². The largest absolute Gasteiger partial charge is 0.444 e. The fourth-order valence-corrected chi connectivity index (χ4v) is 2.77. The van der Waals surface area contributed by atoms with Gasteiger partial charge in [-0.2, -0.15) is 5.26 Å². The van der Waals surface area contributed by atoms with E-state index in [1.54, 1.807) is 0 Å². The van der Waals surface area contributed by atoms with Gasteiger partial charge in [0.2, 0.25) is 0 Å². The molecular weight excluding hydrogens is 266 g/mol. The van der Waals surface area contributed by atoms with Crippen molar-refractivity contribution in [3.05, 3.63) is 0 Å². The molecular formula is C16H29N3O2. The molecule has 1 fully saturated rings. The molecule has 0 aromatic heterocycles. The van der Waals surface area contributed by atoms with Crippen molar-refractivity contribution in [2.45, 2.75) is 84.0 Å². The first kappa shape index (κ1) is 17.8. The van der Waals surface area contributed by atoms with Gasteiger partial charge in [0.15, 0.2) is 0 Å². The van der Waals surface area contributed by atoms with Gasteiger partial charge in [0.05, 0.1) is 18.5 Å². The summed E-state index contributed by atoms with van der Waals surface area (Å²) in [5, 5.41) is 12.3. The molecule has 1 aliphatic heterocycles. The van der Waals surface area contributed by atoms with Gasteiger partial charge in [0.1, 0.15) is 5.60 Å². The number of carbonyl (C=O) groups is 1. The zero-order valence-corrected chi connectivity index (χ0v) is 14.0. The number of nitrogens with zero attached hydrogens (tertiary/aromatic N) is 2. The van der Waals surface area contributed by atoms with Crippen LogP contribution in [0.3, 0.4) is 0 Å². The van der Waals surface area contributed by atoms with Crippen LogP contribution < -0.4 is 5.32 Å². The molecule has 1 heterocycles. The van der Waals surface area contributed by atoms with Crippen molar-refractivity contribution in [1.82, 2.24) is 10.2 Å². The number of nitrogens with one attached hydrogen (secondary N) is 1. The third kappa shape index (κ3) is 5.55. The average molecular weight is 295 g/mol. The highest BCUT2D eigenvalue weighted by Gasteiger charge is 2.35. The minimum atomic E-state index is -0.465. The number of ether oxygens (including phenoxy) is 1. The zero-order valence-electron chi connectivity index (χ0n) is 14.0. The van der Waals surface area contributed by atoms with Gasteiger partial charge in [-0.1, -0.05) is 6.92 Å². The molecule has 1 saturated heterocycles. The Balaban J connectivity index is 2.64. The molecule has 1 rings (SSSR count). The summed E-state index contributed by atoms with van der Waals surface area (Å²) in [6.45, 7) is 10.6. The zero-order chi connectivity index (χ0) is 16.0. The van der Waals surface area contributed by atoms with Gasteiger partial charge in [-0.05, 0) is 47.0 Å². The predicted molar refractivity (Wildman–Crippen MR) is 82.9 cm³/mol. The maximum Gasteiger partial charge on any atom is 0.410 e. The van der Waals surface area contributed by atoms with Crippen LogP contribution in [-0.2, 0) is 4.74 Å². The van der Waals surface area contributed by atoms with E-state index in [1.165, 1.54) is 0 Å². The van der Waals surface area contributed by atoms with E-state index in [1.807, 2.05) is 25.7 Å². The van der Waals surface area contributed by atoms with Crippen LogP contribution in [-0.4, -0.2) is 41.3 Å². The highest BCUT2D eigenvalue weighted by Crippen LogP contribution is 2.23.